The average Bonchev–Trinajstić information content (AvgIpc) is 3.30. The first-order chi connectivity index (χ1) is 12.7. The van der Waals surface area contributed by atoms with Gasteiger partial charge in [0.15, 0.2) is 0 Å². The Labute approximate surface area is 159 Å². The average molecular weight is 383 g/mol. The van der Waals surface area contributed by atoms with Crippen LogP contribution in [0.25, 0.3) is 21.3 Å². The third-order valence-corrected chi connectivity index (χ3v) is 5.68. The molecule has 0 unspecified atom stereocenters. The molecule has 26 heavy (non-hydrogen) atoms. The number of thiazole rings is 1. The highest BCUT2D eigenvalue weighted by atomic mass is 32.2. The summed E-state index contributed by atoms with van der Waals surface area (Å²) < 4.78 is 1.02. The Morgan fingerprint density at radius 1 is 1.27 bits per heavy atom. The van der Waals surface area contributed by atoms with Crippen molar-refractivity contribution >= 4 is 50.3 Å². The van der Waals surface area contributed by atoms with Crippen molar-refractivity contribution in [3.05, 3.63) is 59.4 Å². The lowest BCUT2D eigenvalue weighted by molar-refractivity contribution is 0.0934. The van der Waals surface area contributed by atoms with Crippen molar-refractivity contribution in [1.29, 1.82) is 0 Å². The van der Waals surface area contributed by atoms with E-state index in [0.717, 1.165) is 39.2 Å². The number of imidazole rings is 1. The number of carbonyl (C=O) groups is 1. The summed E-state index contributed by atoms with van der Waals surface area (Å²) >= 11 is 3.30. The number of aromatic nitrogens is 3. The number of thioether (sulfide) groups is 1. The second-order valence-electron chi connectivity index (χ2n) is 5.98. The van der Waals surface area contributed by atoms with Gasteiger partial charge in [-0.05, 0) is 48.8 Å². The molecule has 1 atom stereocenters. The zero-order chi connectivity index (χ0) is 17.9. The van der Waals surface area contributed by atoms with E-state index in [4.69, 9.17) is 0 Å². The highest BCUT2D eigenvalue weighted by Gasteiger charge is 2.19. The largest absolute Gasteiger partial charge is 0.342 e. The summed E-state index contributed by atoms with van der Waals surface area (Å²) in [5.74, 6) is 1.65. The Hall–Kier alpha value is -2.38. The maximum atomic E-state index is 12.8. The number of hydrogen-bond acceptors (Lipinski definition) is 5. The molecule has 0 radical (unpaired) electrons. The number of aromatic amines is 1. The predicted molar refractivity (Wildman–Crippen MR) is 109 cm³/mol. The lowest BCUT2D eigenvalue weighted by atomic mass is 10.1. The summed E-state index contributed by atoms with van der Waals surface area (Å²) in [7, 11) is 0. The number of carbonyl (C=O) groups excluding carboxylic acids is 1. The molecule has 0 spiro atoms. The number of para-hydroxylation sites is 2. The SMILES string of the molecule is CSCC[C@H](NC(=O)c1ccc2ncsc2c1)c1nc2ccccc2[nH]1. The van der Waals surface area contributed by atoms with Crippen molar-refractivity contribution in [2.75, 3.05) is 12.0 Å². The van der Waals surface area contributed by atoms with Crippen molar-refractivity contribution in [3.63, 3.8) is 0 Å². The summed E-state index contributed by atoms with van der Waals surface area (Å²) in [5, 5.41) is 3.14. The summed E-state index contributed by atoms with van der Waals surface area (Å²) in [6.07, 6.45) is 2.88. The molecule has 7 heteroatoms. The maximum Gasteiger partial charge on any atom is 0.251 e. The van der Waals surface area contributed by atoms with Crippen LogP contribution in [0.2, 0.25) is 0 Å². The van der Waals surface area contributed by atoms with Gasteiger partial charge in [-0.25, -0.2) is 9.97 Å². The second kappa shape index (κ2) is 7.47. The molecule has 4 rings (SSSR count). The third-order valence-electron chi connectivity index (χ3n) is 4.25. The number of H-pyrrole nitrogens is 1. The number of benzene rings is 2. The first-order valence-electron chi connectivity index (χ1n) is 8.32. The van der Waals surface area contributed by atoms with Crippen molar-refractivity contribution in [2.24, 2.45) is 0 Å². The van der Waals surface area contributed by atoms with Crippen LogP contribution in [0.3, 0.4) is 0 Å². The number of nitrogens with one attached hydrogen (secondary N) is 2. The van der Waals surface area contributed by atoms with Gasteiger partial charge in [0.1, 0.15) is 5.82 Å². The van der Waals surface area contributed by atoms with E-state index in [1.54, 1.807) is 17.3 Å². The smallest absolute Gasteiger partial charge is 0.251 e. The fourth-order valence-corrected chi connectivity index (χ4v) is 4.08. The van der Waals surface area contributed by atoms with E-state index in [-0.39, 0.29) is 11.9 Å². The van der Waals surface area contributed by atoms with Gasteiger partial charge in [0.2, 0.25) is 0 Å². The third kappa shape index (κ3) is 3.45. The minimum atomic E-state index is -0.153. The van der Waals surface area contributed by atoms with Crippen molar-refractivity contribution in [2.45, 2.75) is 12.5 Å². The normalized spacial score (nSPS) is 12.5. The monoisotopic (exact) mass is 382 g/mol. The lowest BCUT2D eigenvalue weighted by Crippen LogP contribution is -2.29. The summed E-state index contributed by atoms with van der Waals surface area (Å²) in [6, 6.07) is 13.4. The second-order valence-corrected chi connectivity index (χ2v) is 7.85. The quantitative estimate of drug-likeness (QED) is 0.519. The first-order valence-corrected chi connectivity index (χ1v) is 10.6. The molecule has 2 aromatic carbocycles. The van der Waals surface area contributed by atoms with Gasteiger partial charge in [-0.2, -0.15) is 11.8 Å². The minimum absolute atomic E-state index is 0.0909. The first kappa shape index (κ1) is 17.1. The molecule has 0 bridgehead atoms. The molecule has 5 nitrogen and oxygen atoms in total. The highest BCUT2D eigenvalue weighted by Crippen LogP contribution is 2.22. The molecule has 0 aliphatic heterocycles. The Bertz CT molecular complexity index is 1020. The fraction of sp³-hybridized carbons (Fsp3) is 0.211. The highest BCUT2D eigenvalue weighted by molar-refractivity contribution is 7.98. The van der Waals surface area contributed by atoms with Crippen LogP contribution < -0.4 is 5.32 Å². The van der Waals surface area contributed by atoms with Crippen LogP contribution in [-0.2, 0) is 0 Å². The van der Waals surface area contributed by atoms with Gasteiger partial charge in [0.05, 0.1) is 32.8 Å². The summed E-state index contributed by atoms with van der Waals surface area (Å²) in [6.45, 7) is 0. The van der Waals surface area contributed by atoms with E-state index in [1.807, 2.05) is 42.5 Å². The summed E-state index contributed by atoms with van der Waals surface area (Å²) in [4.78, 5) is 25.1. The number of hydrogen-bond donors (Lipinski definition) is 2. The van der Waals surface area contributed by atoms with E-state index in [1.165, 1.54) is 11.3 Å². The van der Waals surface area contributed by atoms with Crippen LogP contribution in [0.4, 0.5) is 0 Å². The molecule has 0 saturated heterocycles. The van der Waals surface area contributed by atoms with Crippen LogP contribution in [0.15, 0.2) is 48.0 Å². The molecule has 0 saturated carbocycles. The number of amides is 1. The zero-order valence-corrected chi connectivity index (χ0v) is 15.9. The molecule has 2 heterocycles. The van der Waals surface area contributed by atoms with Crippen molar-refractivity contribution < 1.29 is 4.79 Å². The number of rotatable bonds is 6. The molecule has 4 aromatic rings. The van der Waals surface area contributed by atoms with Crippen LogP contribution in [0.1, 0.15) is 28.6 Å². The van der Waals surface area contributed by atoms with Crippen LogP contribution in [0, 0.1) is 0 Å². The van der Waals surface area contributed by atoms with E-state index in [9.17, 15) is 4.79 Å². The predicted octanol–water partition coefficient (Wildman–Crippen LogP) is 4.40. The number of nitrogens with zero attached hydrogens (tertiary/aromatic N) is 2. The van der Waals surface area contributed by atoms with E-state index in [2.05, 4.69) is 26.5 Å². The van der Waals surface area contributed by atoms with Crippen LogP contribution in [0.5, 0.6) is 0 Å². The van der Waals surface area contributed by atoms with Gasteiger partial charge in [-0.15, -0.1) is 11.3 Å². The minimum Gasteiger partial charge on any atom is -0.342 e. The van der Waals surface area contributed by atoms with Gasteiger partial charge < -0.3 is 10.3 Å². The molecule has 0 aliphatic carbocycles. The maximum absolute atomic E-state index is 12.8. The Morgan fingerprint density at radius 2 is 2.15 bits per heavy atom. The molecule has 1 amide bonds. The Balaban J connectivity index is 1.60. The molecular weight excluding hydrogens is 364 g/mol. The van der Waals surface area contributed by atoms with Gasteiger partial charge in [-0.3, -0.25) is 4.79 Å². The zero-order valence-electron chi connectivity index (χ0n) is 14.2. The Morgan fingerprint density at radius 3 is 3.00 bits per heavy atom. The fourth-order valence-electron chi connectivity index (χ4n) is 2.89. The van der Waals surface area contributed by atoms with Gasteiger partial charge in [0.25, 0.3) is 5.91 Å². The molecule has 132 valence electrons. The van der Waals surface area contributed by atoms with E-state index < -0.39 is 0 Å². The van der Waals surface area contributed by atoms with Crippen LogP contribution in [-0.4, -0.2) is 32.9 Å². The van der Waals surface area contributed by atoms with Gasteiger partial charge >= 0.3 is 0 Å². The molecule has 2 aromatic heterocycles. The standard InChI is InChI=1S/C19H18N4OS2/c1-25-9-8-16(18-21-13-4-2-3-5-14(13)22-18)23-19(24)12-6-7-15-17(10-12)26-11-20-15/h2-7,10-11,16H,8-9H2,1H3,(H,21,22)(H,23,24)/t16-/m0/s1. The summed E-state index contributed by atoms with van der Waals surface area (Å²) in [5.41, 5.74) is 5.26. The molecule has 2 N–H and O–H groups in total. The van der Waals surface area contributed by atoms with Crippen molar-refractivity contribution in [3.8, 4) is 0 Å². The molecule has 0 aliphatic rings. The van der Waals surface area contributed by atoms with E-state index in [0.29, 0.717) is 5.56 Å². The molecule has 0 fully saturated rings. The van der Waals surface area contributed by atoms with Gasteiger partial charge in [-0.1, -0.05) is 12.1 Å². The van der Waals surface area contributed by atoms with E-state index >= 15 is 0 Å². The Kier molecular flexibility index (Phi) is 4.90. The van der Waals surface area contributed by atoms with Gasteiger partial charge in [0, 0.05) is 5.56 Å². The lowest BCUT2D eigenvalue weighted by Gasteiger charge is -2.16. The number of fused-ring (bicyclic) bond motifs is 2. The topological polar surface area (TPSA) is 70.7 Å². The van der Waals surface area contributed by atoms with Crippen molar-refractivity contribution in [1.82, 2.24) is 20.3 Å². The van der Waals surface area contributed by atoms with Crippen LogP contribution >= 0.6 is 23.1 Å². The molecular formula is C19H18N4OS2.